The maximum Gasteiger partial charge on any atom is 0.407 e. The van der Waals surface area contributed by atoms with Crippen LogP contribution in [0, 0.1) is 13.8 Å². The Bertz CT molecular complexity index is 459. The smallest absolute Gasteiger partial charge is 0.407 e. The van der Waals surface area contributed by atoms with Crippen molar-refractivity contribution in [3.63, 3.8) is 0 Å². The third kappa shape index (κ3) is 6.49. The quantitative estimate of drug-likeness (QED) is 0.876. The van der Waals surface area contributed by atoms with Crippen molar-refractivity contribution >= 4 is 6.09 Å². The highest BCUT2D eigenvalue weighted by molar-refractivity contribution is 5.67. The summed E-state index contributed by atoms with van der Waals surface area (Å²) in [5.41, 5.74) is 1.48. The van der Waals surface area contributed by atoms with Gasteiger partial charge in [0.2, 0.25) is 0 Å². The van der Waals surface area contributed by atoms with Crippen LogP contribution < -0.4 is 10.1 Å². The predicted octanol–water partition coefficient (Wildman–Crippen LogP) is 2.57. The lowest BCUT2D eigenvalue weighted by Crippen LogP contribution is -2.38. The molecule has 21 heavy (non-hydrogen) atoms. The number of aliphatic hydroxyl groups is 1. The topological polar surface area (TPSA) is 67.8 Å². The molecule has 0 saturated heterocycles. The lowest BCUT2D eigenvalue weighted by Gasteiger charge is -2.21. The Morgan fingerprint density at radius 1 is 1.29 bits per heavy atom. The van der Waals surface area contributed by atoms with Gasteiger partial charge in [-0.25, -0.2) is 4.79 Å². The number of hydrogen-bond acceptors (Lipinski definition) is 4. The molecule has 1 atom stereocenters. The first-order chi connectivity index (χ1) is 9.69. The van der Waals surface area contributed by atoms with Crippen LogP contribution in [-0.4, -0.2) is 36.1 Å². The van der Waals surface area contributed by atoms with E-state index in [-0.39, 0.29) is 13.2 Å². The van der Waals surface area contributed by atoms with Crippen LogP contribution in [0.2, 0.25) is 0 Å². The molecule has 5 heteroatoms. The van der Waals surface area contributed by atoms with Crippen molar-refractivity contribution in [2.75, 3.05) is 13.2 Å². The minimum absolute atomic E-state index is 0.0832. The zero-order valence-electron chi connectivity index (χ0n) is 13.4. The molecule has 0 heterocycles. The molecule has 0 saturated carbocycles. The first-order valence-electron chi connectivity index (χ1n) is 7.03. The maximum absolute atomic E-state index is 11.5. The molecule has 1 rings (SSSR count). The number of aliphatic hydroxyl groups excluding tert-OH is 1. The normalized spacial score (nSPS) is 12.7. The number of benzene rings is 1. The summed E-state index contributed by atoms with van der Waals surface area (Å²) in [4.78, 5) is 11.5. The van der Waals surface area contributed by atoms with Gasteiger partial charge < -0.3 is 19.9 Å². The lowest BCUT2D eigenvalue weighted by atomic mass is 10.1. The number of rotatable bonds is 5. The van der Waals surface area contributed by atoms with Gasteiger partial charge in [-0.3, -0.25) is 0 Å². The molecule has 118 valence electrons. The van der Waals surface area contributed by atoms with Gasteiger partial charge in [0.15, 0.2) is 0 Å². The molecule has 0 bridgehead atoms. The summed E-state index contributed by atoms with van der Waals surface area (Å²) in [5.74, 6) is 0.772. The van der Waals surface area contributed by atoms with Crippen molar-refractivity contribution in [3.8, 4) is 5.75 Å². The van der Waals surface area contributed by atoms with E-state index >= 15 is 0 Å². The fourth-order valence-corrected chi connectivity index (χ4v) is 1.78. The van der Waals surface area contributed by atoms with Crippen molar-refractivity contribution in [1.82, 2.24) is 5.32 Å². The number of ether oxygens (including phenoxy) is 2. The molecule has 0 fully saturated rings. The second-order valence-electron chi connectivity index (χ2n) is 6.07. The van der Waals surface area contributed by atoms with Gasteiger partial charge in [0, 0.05) is 0 Å². The van der Waals surface area contributed by atoms with Gasteiger partial charge in [-0.2, -0.15) is 0 Å². The summed E-state index contributed by atoms with van der Waals surface area (Å²) in [6.45, 7) is 9.45. The van der Waals surface area contributed by atoms with E-state index in [4.69, 9.17) is 9.47 Å². The van der Waals surface area contributed by atoms with E-state index in [1.807, 2.05) is 32.0 Å². The number of para-hydroxylation sites is 1. The highest BCUT2D eigenvalue weighted by Gasteiger charge is 2.17. The van der Waals surface area contributed by atoms with Crippen LogP contribution in [0.1, 0.15) is 31.9 Å². The zero-order chi connectivity index (χ0) is 16.0. The molecular formula is C16H25NO4. The summed E-state index contributed by atoms with van der Waals surface area (Å²) >= 11 is 0. The number of carbonyl (C=O) groups excluding carboxylic acids is 1. The number of amides is 1. The van der Waals surface area contributed by atoms with Crippen LogP contribution in [0.4, 0.5) is 4.79 Å². The van der Waals surface area contributed by atoms with Crippen LogP contribution in [0.5, 0.6) is 5.75 Å². The fourth-order valence-electron chi connectivity index (χ4n) is 1.78. The van der Waals surface area contributed by atoms with Gasteiger partial charge in [0.25, 0.3) is 0 Å². The van der Waals surface area contributed by atoms with Crippen LogP contribution in [0.15, 0.2) is 18.2 Å². The first-order valence-corrected chi connectivity index (χ1v) is 7.03. The van der Waals surface area contributed by atoms with E-state index in [0.717, 1.165) is 16.9 Å². The van der Waals surface area contributed by atoms with E-state index in [0.29, 0.717) is 0 Å². The highest BCUT2D eigenvalue weighted by Crippen LogP contribution is 2.22. The maximum atomic E-state index is 11.5. The second kappa shape index (κ2) is 7.31. The van der Waals surface area contributed by atoms with Crippen molar-refractivity contribution < 1.29 is 19.4 Å². The van der Waals surface area contributed by atoms with Gasteiger partial charge in [-0.1, -0.05) is 18.2 Å². The van der Waals surface area contributed by atoms with Gasteiger partial charge in [-0.05, 0) is 45.7 Å². The summed E-state index contributed by atoms with van der Waals surface area (Å²) in [5, 5.41) is 12.4. The predicted molar refractivity (Wildman–Crippen MR) is 81.7 cm³/mol. The number of alkyl carbamates (subject to hydrolysis) is 1. The molecule has 0 aliphatic heterocycles. The molecule has 2 N–H and O–H groups in total. The lowest BCUT2D eigenvalue weighted by molar-refractivity contribution is 0.0462. The Balaban J connectivity index is 2.38. The fraction of sp³-hybridized carbons (Fsp3) is 0.562. The molecule has 5 nitrogen and oxygen atoms in total. The minimum Gasteiger partial charge on any atom is -0.490 e. The van der Waals surface area contributed by atoms with Gasteiger partial charge >= 0.3 is 6.09 Å². The van der Waals surface area contributed by atoms with Crippen LogP contribution in [0.3, 0.4) is 0 Å². The largest absolute Gasteiger partial charge is 0.490 e. The first kappa shape index (κ1) is 17.3. The molecule has 0 aliphatic rings. The molecule has 0 aliphatic carbocycles. The number of aryl methyl sites for hydroxylation is 2. The van der Waals surface area contributed by atoms with E-state index in [2.05, 4.69) is 5.32 Å². The van der Waals surface area contributed by atoms with E-state index in [1.165, 1.54) is 0 Å². The molecule has 1 unspecified atom stereocenters. The summed E-state index contributed by atoms with van der Waals surface area (Å²) in [6.07, 6.45) is -1.34. The van der Waals surface area contributed by atoms with E-state index in [9.17, 15) is 9.90 Å². The monoisotopic (exact) mass is 295 g/mol. The second-order valence-corrected chi connectivity index (χ2v) is 6.07. The zero-order valence-corrected chi connectivity index (χ0v) is 13.4. The van der Waals surface area contributed by atoms with E-state index < -0.39 is 17.8 Å². The molecule has 0 spiro atoms. The third-order valence-electron chi connectivity index (χ3n) is 2.71. The Labute approximate surface area is 126 Å². The van der Waals surface area contributed by atoms with Crippen LogP contribution >= 0.6 is 0 Å². The SMILES string of the molecule is Cc1cccc(C)c1OCC(O)CNC(=O)OC(C)(C)C. The average molecular weight is 295 g/mol. The number of hydrogen-bond donors (Lipinski definition) is 2. The summed E-state index contributed by atoms with van der Waals surface area (Å²) in [7, 11) is 0. The van der Waals surface area contributed by atoms with Crippen molar-refractivity contribution in [3.05, 3.63) is 29.3 Å². The van der Waals surface area contributed by atoms with Crippen molar-refractivity contribution in [2.24, 2.45) is 0 Å². The summed E-state index contributed by atoms with van der Waals surface area (Å²) in [6, 6.07) is 5.86. The molecule has 0 aromatic heterocycles. The molecular weight excluding hydrogens is 270 g/mol. The van der Waals surface area contributed by atoms with Crippen molar-refractivity contribution in [2.45, 2.75) is 46.3 Å². The summed E-state index contributed by atoms with van der Waals surface area (Å²) < 4.78 is 10.7. The Morgan fingerprint density at radius 3 is 2.38 bits per heavy atom. The average Bonchev–Trinajstić information content (AvgIpc) is 2.33. The number of nitrogens with one attached hydrogen (secondary N) is 1. The number of carbonyl (C=O) groups is 1. The Morgan fingerprint density at radius 2 is 1.86 bits per heavy atom. The molecule has 0 radical (unpaired) electrons. The van der Waals surface area contributed by atoms with Crippen LogP contribution in [-0.2, 0) is 4.74 Å². The van der Waals surface area contributed by atoms with E-state index in [1.54, 1.807) is 20.8 Å². The Hall–Kier alpha value is -1.75. The molecule has 1 aromatic carbocycles. The van der Waals surface area contributed by atoms with Gasteiger partial charge in [0.05, 0.1) is 6.54 Å². The molecule has 1 aromatic rings. The van der Waals surface area contributed by atoms with Crippen LogP contribution in [0.25, 0.3) is 0 Å². The minimum atomic E-state index is -0.795. The third-order valence-corrected chi connectivity index (χ3v) is 2.71. The van der Waals surface area contributed by atoms with Crippen molar-refractivity contribution in [1.29, 1.82) is 0 Å². The van der Waals surface area contributed by atoms with Gasteiger partial charge in [-0.15, -0.1) is 0 Å². The standard InChI is InChI=1S/C16H25NO4/c1-11-7-6-8-12(2)14(11)20-10-13(18)9-17-15(19)21-16(3,4)5/h6-8,13,18H,9-10H2,1-5H3,(H,17,19). The molecule has 1 amide bonds. The Kier molecular flexibility index (Phi) is 6.03. The highest BCUT2D eigenvalue weighted by atomic mass is 16.6. The van der Waals surface area contributed by atoms with Gasteiger partial charge in [0.1, 0.15) is 24.1 Å².